The van der Waals surface area contributed by atoms with E-state index in [-0.39, 0.29) is 5.88 Å². The first-order chi connectivity index (χ1) is 5.45. The van der Waals surface area contributed by atoms with Crippen LogP contribution in [0.15, 0.2) is 4.40 Å². The van der Waals surface area contributed by atoms with Gasteiger partial charge in [0.05, 0.1) is 5.38 Å². The second kappa shape index (κ2) is 5.04. The first kappa shape index (κ1) is 12.2. The van der Waals surface area contributed by atoms with Gasteiger partial charge in [-0.15, -0.1) is 34.8 Å². The summed E-state index contributed by atoms with van der Waals surface area (Å²) < 4.78 is 22.7. The molecule has 0 rings (SSSR count). The van der Waals surface area contributed by atoms with Crippen LogP contribution in [-0.4, -0.2) is 30.5 Å². The second-order valence-corrected chi connectivity index (χ2v) is 5.04. The minimum atomic E-state index is -4.07. The highest BCUT2D eigenvalue weighted by Crippen LogP contribution is 2.18. The summed E-state index contributed by atoms with van der Waals surface area (Å²) in [6, 6.07) is 0. The molecule has 0 saturated heterocycles. The van der Waals surface area contributed by atoms with Crippen LogP contribution in [0.25, 0.3) is 0 Å². The van der Waals surface area contributed by atoms with Crippen LogP contribution in [0, 0.1) is 0 Å². The van der Waals surface area contributed by atoms with Gasteiger partial charge in [-0.25, -0.2) is 13.2 Å². The minimum Gasteiger partial charge on any atom is -0.210 e. The van der Waals surface area contributed by atoms with Crippen LogP contribution in [0.3, 0.4) is 0 Å². The Hall–Kier alpha value is 0.200. The Labute approximate surface area is 84.6 Å². The summed E-state index contributed by atoms with van der Waals surface area (Å²) in [7, 11) is -4.07. The van der Waals surface area contributed by atoms with E-state index in [9.17, 15) is 13.2 Å². The molecule has 4 nitrogen and oxygen atoms in total. The third kappa shape index (κ3) is 3.29. The fourth-order valence-corrected chi connectivity index (χ4v) is 2.01. The highest BCUT2D eigenvalue weighted by atomic mass is 35.5. The molecule has 2 atom stereocenters. The fourth-order valence-electron chi connectivity index (χ4n) is 0.359. The van der Waals surface area contributed by atoms with Gasteiger partial charge in [0.15, 0.2) is 4.71 Å². The van der Waals surface area contributed by atoms with Gasteiger partial charge in [-0.3, -0.25) is 0 Å². The van der Waals surface area contributed by atoms with Crippen molar-refractivity contribution in [1.82, 2.24) is 0 Å². The Balaban J connectivity index is 4.69. The van der Waals surface area contributed by atoms with Crippen molar-refractivity contribution in [2.45, 2.75) is 10.1 Å². The third-order valence-electron chi connectivity index (χ3n) is 0.881. The summed E-state index contributed by atoms with van der Waals surface area (Å²) in [6.07, 6.45) is 0.869. The highest BCUT2D eigenvalue weighted by Gasteiger charge is 2.29. The molecule has 70 valence electrons. The number of sulfonamides is 1. The summed E-state index contributed by atoms with van der Waals surface area (Å²) in [5.74, 6) is -0.149. The zero-order chi connectivity index (χ0) is 9.78. The zero-order valence-corrected chi connectivity index (χ0v) is 8.66. The molecule has 0 bridgehead atoms. The van der Waals surface area contributed by atoms with Crippen LogP contribution in [0.4, 0.5) is 0 Å². The SMILES string of the molecule is O=C=NS(=O)(=O)C(Cl)C(Cl)CCl. The summed E-state index contributed by atoms with van der Waals surface area (Å²) in [4.78, 5) is 9.63. The van der Waals surface area contributed by atoms with E-state index in [0.717, 1.165) is 6.08 Å². The van der Waals surface area contributed by atoms with E-state index >= 15 is 0 Å². The smallest absolute Gasteiger partial charge is 0.210 e. The quantitative estimate of drug-likeness (QED) is 0.427. The Morgan fingerprint density at radius 1 is 1.42 bits per heavy atom. The lowest BCUT2D eigenvalue weighted by molar-refractivity contribution is 0.563. The Bertz CT molecular complexity index is 284. The van der Waals surface area contributed by atoms with Crippen molar-refractivity contribution in [3.05, 3.63) is 0 Å². The van der Waals surface area contributed by atoms with E-state index < -0.39 is 20.1 Å². The van der Waals surface area contributed by atoms with E-state index in [0.29, 0.717) is 0 Å². The van der Waals surface area contributed by atoms with Crippen LogP contribution < -0.4 is 0 Å². The number of hydrogen-bond donors (Lipinski definition) is 0. The Morgan fingerprint density at radius 2 is 1.92 bits per heavy atom. The third-order valence-corrected chi connectivity index (χ3v) is 4.26. The van der Waals surface area contributed by atoms with Crippen molar-refractivity contribution in [3.8, 4) is 0 Å². The van der Waals surface area contributed by atoms with Gasteiger partial charge in [0, 0.05) is 5.88 Å². The summed E-state index contributed by atoms with van der Waals surface area (Å²) in [5.41, 5.74) is 0. The molecule has 0 aromatic heterocycles. The van der Waals surface area contributed by atoms with Crippen molar-refractivity contribution in [1.29, 1.82) is 0 Å². The second-order valence-electron chi connectivity index (χ2n) is 1.72. The first-order valence-electron chi connectivity index (χ1n) is 2.62. The predicted molar refractivity (Wildman–Crippen MR) is 47.0 cm³/mol. The van der Waals surface area contributed by atoms with E-state index in [2.05, 4.69) is 4.40 Å². The molecule has 0 aliphatic heterocycles. The van der Waals surface area contributed by atoms with Crippen molar-refractivity contribution in [2.24, 2.45) is 4.40 Å². The summed E-state index contributed by atoms with van der Waals surface area (Å²) >= 11 is 16.0. The van der Waals surface area contributed by atoms with Crippen LogP contribution in [0.2, 0.25) is 0 Å². The average Bonchev–Trinajstić information content (AvgIpc) is 2.01. The van der Waals surface area contributed by atoms with Gasteiger partial charge in [-0.2, -0.15) is 0 Å². The number of alkyl halides is 3. The standard InChI is InChI=1S/C4H4Cl3NO3S/c5-1-3(6)4(7)12(10,11)8-2-9/h3-4H,1H2. The molecule has 0 aromatic carbocycles. The molecule has 12 heavy (non-hydrogen) atoms. The molecule has 0 spiro atoms. The van der Waals surface area contributed by atoms with Gasteiger partial charge in [-0.05, 0) is 0 Å². The number of halogens is 3. The molecule has 0 radical (unpaired) electrons. The first-order valence-corrected chi connectivity index (χ1v) is 5.54. The van der Waals surface area contributed by atoms with Crippen molar-refractivity contribution < 1.29 is 13.2 Å². The summed E-state index contributed by atoms with van der Waals surface area (Å²) in [5, 5.41) is -0.990. The number of carbonyl (C=O) groups excluding carboxylic acids is 1. The normalized spacial score (nSPS) is 16.2. The number of rotatable bonds is 4. The molecule has 0 aliphatic rings. The Morgan fingerprint density at radius 3 is 2.25 bits per heavy atom. The zero-order valence-electron chi connectivity index (χ0n) is 5.58. The molecule has 8 heteroatoms. The van der Waals surface area contributed by atoms with Gasteiger partial charge in [0.2, 0.25) is 0 Å². The number of nitrogens with zero attached hydrogens (tertiary/aromatic N) is 1. The molecular weight excluding hydrogens is 248 g/mol. The van der Waals surface area contributed by atoms with E-state index in [4.69, 9.17) is 34.8 Å². The lowest BCUT2D eigenvalue weighted by Crippen LogP contribution is -2.24. The van der Waals surface area contributed by atoms with Crippen LogP contribution >= 0.6 is 34.8 Å². The average molecular weight is 253 g/mol. The maximum Gasteiger partial charge on any atom is 0.281 e. The summed E-state index contributed by atoms with van der Waals surface area (Å²) in [6.45, 7) is 0. The number of isocyanates is 1. The van der Waals surface area contributed by atoms with E-state index in [1.807, 2.05) is 0 Å². The van der Waals surface area contributed by atoms with Crippen LogP contribution in [-0.2, 0) is 14.8 Å². The van der Waals surface area contributed by atoms with Gasteiger partial charge in [0.25, 0.3) is 16.1 Å². The lowest BCUT2D eigenvalue weighted by atomic mass is 10.5. The molecule has 0 aliphatic carbocycles. The van der Waals surface area contributed by atoms with Gasteiger partial charge < -0.3 is 0 Å². The fraction of sp³-hybridized carbons (Fsp3) is 0.750. The predicted octanol–water partition coefficient (Wildman–Crippen LogP) is 1.06. The molecule has 0 heterocycles. The van der Waals surface area contributed by atoms with Crippen LogP contribution in [0.5, 0.6) is 0 Å². The van der Waals surface area contributed by atoms with E-state index in [1.165, 1.54) is 0 Å². The molecule has 0 fully saturated rings. The van der Waals surface area contributed by atoms with Crippen molar-refractivity contribution in [2.75, 3.05) is 5.88 Å². The largest absolute Gasteiger partial charge is 0.281 e. The minimum absolute atomic E-state index is 0.149. The van der Waals surface area contributed by atoms with Crippen LogP contribution in [0.1, 0.15) is 0 Å². The molecular formula is C4H4Cl3NO3S. The highest BCUT2D eigenvalue weighted by molar-refractivity contribution is 7.92. The van der Waals surface area contributed by atoms with Gasteiger partial charge in [-0.1, -0.05) is 4.40 Å². The monoisotopic (exact) mass is 251 g/mol. The molecule has 0 N–H and O–H groups in total. The number of hydrogen-bond acceptors (Lipinski definition) is 3. The lowest BCUT2D eigenvalue weighted by Gasteiger charge is -2.08. The Kier molecular flexibility index (Phi) is 5.13. The van der Waals surface area contributed by atoms with Gasteiger partial charge >= 0.3 is 0 Å². The molecule has 0 saturated carbocycles. The maximum absolute atomic E-state index is 10.8. The van der Waals surface area contributed by atoms with Gasteiger partial charge in [0.1, 0.15) is 0 Å². The molecule has 0 amide bonds. The maximum atomic E-state index is 10.8. The molecule has 0 aromatic rings. The van der Waals surface area contributed by atoms with Crippen molar-refractivity contribution in [3.63, 3.8) is 0 Å². The van der Waals surface area contributed by atoms with E-state index in [1.54, 1.807) is 0 Å². The van der Waals surface area contributed by atoms with Crippen molar-refractivity contribution >= 4 is 50.9 Å². The topological polar surface area (TPSA) is 63.6 Å². The molecule has 2 unspecified atom stereocenters.